The lowest BCUT2D eigenvalue weighted by Gasteiger charge is -2.11. The van der Waals surface area contributed by atoms with E-state index in [0.29, 0.717) is 5.92 Å². The van der Waals surface area contributed by atoms with Crippen molar-refractivity contribution in [2.75, 3.05) is 0 Å². The predicted octanol–water partition coefficient (Wildman–Crippen LogP) is 3.85. The molecule has 1 aromatic heterocycles. The van der Waals surface area contributed by atoms with Crippen LogP contribution in [0.15, 0.2) is 33.2 Å². The van der Waals surface area contributed by atoms with Gasteiger partial charge < -0.3 is 10.2 Å². The lowest BCUT2D eigenvalue weighted by atomic mass is 10.0. The summed E-state index contributed by atoms with van der Waals surface area (Å²) in [5, 5.41) is 1.10. The lowest BCUT2D eigenvalue weighted by molar-refractivity contribution is 0.418. The molecule has 0 saturated heterocycles. The van der Waals surface area contributed by atoms with Gasteiger partial charge in [-0.1, -0.05) is 29.8 Å². The first-order chi connectivity index (χ1) is 7.08. The summed E-state index contributed by atoms with van der Waals surface area (Å²) in [5.74, 6) is 1.24. The SMILES string of the molecule is CC(C)C(N)c1cc2ccc(Br)cc2o1. The molecule has 1 atom stereocenters. The first kappa shape index (κ1) is 10.7. The second kappa shape index (κ2) is 3.99. The summed E-state index contributed by atoms with van der Waals surface area (Å²) in [7, 11) is 0. The second-order valence-electron chi connectivity index (χ2n) is 4.10. The van der Waals surface area contributed by atoms with Gasteiger partial charge >= 0.3 is 0 Å². The molecular weight excluding hydrogens is 254 g/mol. The molecule has 0 amide bonds. The van der Waals surface area contributed by atoms with Crippen molar-refractivity contribution >= 4 is 26.9 Å². The van der Waals surface area contributed by atoms with Crippen LogP contribution in [0.5, 0.6) is 0 Å². The molecule has 2 rings (SSSR count). The Labute approximate surface area is 97.6 Å². The molecule has 2 N–H and O–H groups in total. The molecule has 1 unspecified atom stereocenters. The first-order valence-corrected chi connectivity index (χ1v) is 5.82. The van der Waals surface area contributed by atoms with E-state index in [-0.39, 0.29) is 6.04 Å². The molecular formula is C12H14BrNO. The molecule has 0 radical (unpaired) electrons. The Morgan fingerprint density at radius 3 is 2.67 bits per heavy atom. The van der Waals surface area contributed by atoms with Crippen molar-refractivity contribution in [3.05, 3.63) is 34.5 Å². The van der Waals surface area contributed by atoms with Crippen molar-refractivity contribution in [2.45, 2.75) is 19.9 Å². The van der Waals surface area contributed by atoms with Gasteiger partial charge in [0, 0.05) is 9.86 Å². The topological polar surface area (TPSA) is 39.2 Å². The van der Waals surface area contributed by atoms with Crippen LogP contribution in [-0.4, -0.2) is 0 Å². The normalized spacial score (nSPS) is 13.7. The van der Waals surface area contributed by atoms with Crippen molar-refractivity contribution in [3.63, 3.8) is 0 Å². The molecule has 0 bridgehead atoms. The molecule has 0 aliphatic rings. The summed E-state index contributed by atoms with van der Waals surface area (Å²) < 4.78 is 6.74. The molecule has 80 valence electrons. The third kappa shape index (κ3) is 2.08. The van der Waals surface area contributed by atoms with Crippen LogP contribution in [0.3, 0.4) is 0 Å². The Morgan fingerprint density at radius 1 is 1.27 bits per heavy atom. The fourth-order valence-corrected chi connectivity index (χ4v) is 1.86. The van der Waals surface area contributed by atoms with Gasteiger partial charge in [-0.25, -0.2) is 0 Å². The largest absolute Gasteiger partial charge is 0.459 e. The zero-order valence-electron chi connectivity index (χ0n) is 8.83. The molecule has 0 aliphatic heterocycles. The fourth-order valence-electron chi connectivity index (χ4n) is 1.52. The Bertz CT molecular complexity index is 475. The van der Waals surface area contributed by atoms with E-state index < -0.39 is 0 Å². The number of nitrogens with two attached hydrogens (primary N) is 1. The number of furan rings is 1. The molecule has 15 heavy (non-hydrogen) atoms. The van der Waals surface area contributed by atoms with E-state index in [1.807, 2.05) is 24.3 Å². The summed E-state index contributed by atoms with van der Waals surface area (Å²) >= 11 is 3.42. The van der Waals surface area contributed by atoms with Gasteiger partial charge in [-0.15, -0.1) is 0 Å². The summed E-state index contributed by atoms with van der Waals surface area (Å²) in [4.78, 5) is 0. The van der Waals surface area contributed by atoms with E-state index in [1.54, 1.807) is 0 Å². The molecule has 0 fully saturated rings. The molecule has 1 heterocycles. The van der Waals surface area contributed by atoms with Gasteiger partial charge in [0.2, 0.25) is 0 Å². The monoisotopic (exact) mass is 267 g/mol. The molecule has 1 aromatic carbocycles. The number of hydrogen-bond acceptors (Lipinski definition) is 2. The van der Waals surface area contributed by atoms with Crippen molar-refractivity contribution in [1.29, 1.82) is 0 Å². The third-order valence-electron chi connectivity index (χ3n) is 2.55. The first-order valence-electron chi connectivity index (χ1n) is 5.02. The van der Waals surface area contributed by atoms with Crippen LogP contribution in [0, 0.1) is 5.92 Å². The average Bonchev–Trinajstić information content (AvgIpc) is 2.58. The Kier molecular flexibility index (Phi) is 2.85. The molecule has 3 heteroatoms. The van der Waals surface area contributed by atoms with Crippen molar-refractivity contribution in [3.8, 4) is 0 Å². The zero-order valence-corrected chi connectivity index (χ0v) is 10.4. The van der Waals surface area contributed by atoms with Crippen molar-refractivity contribution < 1.29 is 4.42 Å². The second-order valence-corrected chi connectivity index (χ2v) is 5.02. The minimum absolute atomic E-state index is 0.0313. The van der Waals surface area contributed by atoms with E-state index in [2.05, 4.69) is 29.8 Å². The zero-order chi connectivity index (χ0) is 11.0. The van der Waals surface area contributed by atoms with Gasteiger partial charge in [-0.3, -0.25) is 0 Å². The Morgan fingerprint density at radius 2 is 2.00 bits per heavy atom. The van der Waals surface area contributed by atoms with Crippen LogP contribution in [0.1, 0.15) is 25.6 Å². The van der Waals surface area contributed by atoms with E-state index in [4.69, 9.17) is 10.2 Å². The molecule has 0 saturated carbocycles. The van der Waals surface area contributed by atoms with Crippen LogP contribution in [0.2, 0.25) is 0 Å². The van der Waals surface area contributed by atoms with E-state index in [0.717, 1.165) is 21.2 Å². The molecule has 2 nitrogen and oxygen atoms in total. The Balaban J connectivity index is 2.47. The molecule has 0 spiro atoms. The van der Waals surface area contributed by atoms with E-state index in [9.17, 15) is 0 Å². The van der Waals surface area contributed by atoms with Gasteiger partial charge in [0.25, 0.3) is 0 Å². The van der Waals surface area contributed by atoms with Gasteiger partial charge in [0.15, 0.2) is 0 Å². The summed E-state index contributed by atoms with van der Waals surface area (Å²) in [6, 6.07) is 7.98. The van der Waals surface area contributed by atoms with Crippen LogP contribution in [-0.2, 0) is 0 Å². The van der Waals surface area contributed by atoms with Crippen molar-refractivity contribution in [2.24, 2.45) is 11.7 Å². The minimum Gasteiger partial charge on any atom is -0.459 e. The fraction of sp³-hybridized carbons (Fsp3) is 0.333. The lowest BCUT2D eigenvalue weighted by Crippen LogP contribution is -2.15. The molecule has 2 aromatic rings. The van der Waals surface area contributed by atoms with Gasteiger partial charge in [0.1, 0.15) is 11.3 Å². The maximum Gasteiger partial charge on any atom is 0.135 e. The number of rotatable bonds is 2. The highest BCUT2D eigenvalue weighted by molar-refractivity contribution is 9.10. The summed E-state index contributed by atoms with van der Waals surface area (Å²) in [6.45, 7) is 4.18. The van der Waals surface area contributed by atoms with Gasteiger partial charge in [0.05, 0.1) is 6.04 Å². The smallest absolute Gasteiger partial charge is 0.135 e. The van der Waals surface area contributed by atoms with Crippen molar-refractivity contribution in [1.82, 2.24) is 0 Å². The van der Waals surface area contributed by atoms with Crippen LogP contribution >= 0.6 is 15.9 Å². The Hall–Kier alpha value is -0.800. The number of hydrogen-bond donors (Lipinski definition) is 1. The van der Waals surface area contributed by atoms with Crippen LogP contribution in [0.25, 0.3) is 11.0 Å². The van der Waals surface area contributed by atoms with Crippen LogP contribution in [0.4, 0.5) is 0 Å². The average molecular weight is 268 g/mol. The van der Waals surface area contributed by atoms with E-state index >= 15 is 0 Å². The minimum atomic E-state index is -0.0313. The van der Waals surface area contributed by atoms with Gasteiger partial charge in [-0.05, 0) is 30.2 Å². The van der Waals surface area contributed by atoms with Crippen LogP contribution < -0.4 is 5.73 Å². The quantitative estimate of drug-likeness (QED) is 0.898. The number of benzene rings is 1. The number of halogens is 1. The summed E-state index contributed by atoms with van der Waals surface area (Å²) in [6.07, 6.45) is 0. The molecule has 0 aliphatic carbocycles. The highest BCUT2D eigenvalue weighted by atomic mass is 79.9. The highest BCUT2D eigenvalue weighted by Gasteiger charge is 2.15. The maximum atomic E-state index is 6.03. The predicted molar refractivity (Wildman–Crippen MR) is 65.7 cm³/mol. The summed E-state index contributed by atoms with van der Waals surface area (Å²) in [5.41, 5.74) is 6.92. The van der Waals surface area contributed by atoms with E-state index in [1.165, 1.54) is 0 Å². The highest BCUT2D eigenvalue weighted by Crippen LogP contribution is 2.28. The van der Waals surface area contributed by atoms with Gasteiger partial charge in [-0.2, -0.15) is 0 Å². The third-order valence-corrected chi connectivity index (χ3v) is 3.04. The standard InChI is InChI=1S/C12H14BrNO/c1-7(2)12(14)11-5-8-3-4-9(13)6-10(8)15-11/h3-7,12H,14H2,1-2H3. The maximum absolute atomic E-state index is 6.03. The number of fused-ring (bicyclic) bond motifs is 1.